The van der Waals surface area contributed by atoms with Gasteiger partial charge in [-0.3, -0.25) is 9.59 Å². The lowest BCUT2D eigenvalue weighted by atomic mass is 9.90. The number of ether oxygens (including phenoxy) is 1. The Morgan fingerprint density at radius 1 is 1.20 bits per heavy atom. The normalized spacial score (nSPS) is 19.2. The highest BCUT2D eigenvalue weighted by Gasteiger charge is 2.39. The molecule has 8 heteroatoms. The third-order valence-corrected chi connectivity index (χ3v) is 5.89. The van der Waals surface area contributed by atoms with Gasteiger partial charge >= 0.3 is 0 Å². The van der Waals surface area contributed by atoms with Gasteiger partial charge in [0, 0.05) is 11.7 Å². The van der Waals surface area contributed by atoms with Gasteiger partial charge in [-0.15, -0.1) is 0 Å². The summed E-state index contributed by atoms with van der Waals surface area (Å²) in [4.78, 5) is 24.9. The molecule has 0 aliphatic carbocycles. The van der Waals surface area contributed by atoms with Crippen molar-refractivity contribution in [1.82, 2.24) is 5.32 Å². The number of nitrogens with one attached hydrogen (secondary N) is 2. The number of amides is 2. The van der Waals surface area contributed by atoms with Gasteiger partial charge in [-0.25, -0.2) is 8.42 Å². The second kappa shape index (κ2) is 7.43. The van der Waals surface area contributed by atoms with E-state index in [1.807, 2.05) is 6.92 Å². The summed E-state index contributed by atoms with van der Waals surface area (Å²) < 4.78 is 28.3. The van der Waals surface area contributed by atoms with Gasteiger partial charge in [-0.2, -0.15) is 0 Å². The van der Waals surface area contributed by atoms with Crippen molar-refractivity contribution in [1.29, 1.82) is 0 Å². The summed E-state index contributed by atoms with van der Waals surface area (Å²) in [5.74, 6) is -0.264. The number of rotatable bonds is 6. The van der Waals surface area contributed by atoms with Crippen LogP contribution in [0.3, 0.4) is 0 Å². The Bertz CT molecular complexity index is 741. The zero-order chi connectivity index (χ0) is 18.7. The second-order valence-corrected chi connectivity index (χ2v) is 8.84. The summed E-state index contributed by atoms with van der Waals surface area (Å²) in [6.07, 6.45) is 0.380. The molecule has 7 nitrogen and oxygen atoms in total. The fraction of sp³-hybridized carbons (Fsp3) is 0.529. The molecule has 1 saturated heterocycles. The van der Waals surface area contributed by atoms with Gasteiger partial charge in [0.15, 0.2) is 9.84 Å². The summed E-state index contributed by atoms with van der Waals surface area (Å²) in [7, 11) is -3.09. The Morgan fingerprint density at radius 3 is 2.36 bits per heavy atom. The van der Waals surface area contributed by atoms with E-state index in [4.69, 9.17) is 4.74 Å². The first-order valence-electron chi connectivity index (χ1n) is 8.20. The molecule has 0 spiro atoms. The fourth-order valence-corrected chi connectivity index (χ4v) is 4.14. The minimum Gasteiger partial charge on any atom is -0.494 e. The molecule has 1 aromatic rings. The van der Waals surface area contributed by atoms with Gasteiger partial charge in [0.2, 0.25) is 11.8 Å². The number of sulfone groups is 1. The van der Waals surface area contributed by atoms with E-state index in [9.17, 15) is 18.0 Å². The average Bonchev–Trinajstić information content (AvgIpc) is 2.88. The third kappa shape index (κ3) is 4.94. The maximum atomic E-state index is 12.5. The van der Waals surface area contributed by atoms with Crippen LogP contribution in [-0.4, -0.2) is 44.4 Å². The van der Waals surface area contributed by atoms with E-state index in [1.165, 1.54) is 13.8 Å². The predicted molar refractivity (Wildman–Crippen MR) is 95.2 cm³/mol. The van der Waals surface area contributed by atoms with Crippen LogP contribution in [0.25, 0.3) is 0 Å². The zero-order valence-electron chi connectivity index (χ0n) is 14.7. The number of carbonyl (C=O) groups is 2. The molecule has 2 rings (SSSR count). The van der Waals surface area contributed by atoms with Gasteiger partial charge in [0.1, 0.15) is 11.2 Å². The number of benzene rings is 1. The first-order chi connectivity index (χ1) is 11.6. The average molecular weight is 368 g/mol. The van der Waals surface area contributed by atoms with Gasteiger partial charge < -0.3 is 15.4 Å². The zero-order valence-corrected chi connectivity index (χ0v) is 15.5. The third-order valence-electron chi connectivity index (χ3n) is 4.13. The Hall–Kier alpha value is -2.09. The van der Waals surface area contributed by atoms with Crippen LogP contribution in [-0.2, 0) is 19.4 Å². The smallest absolute Gasteiger partial charge is 0.239 e. The van der Waals surface area contributed by atoms with Crippen molar-refractivity contribution >= 4 is 27.3 Å². The van der Waals surface area contributed by atoms with Crippen molar-refractivity contribution in [3.8, 4) is 5.75 Å². The maximum absolute atomic E-state index is 12.5. The molecule has 1 aromatic carbocycles. The van der Waals surface area contributed by atoms with E-state index in [0.29, 0.717) is 24.5 Å². The van der Waals surface area contributed by atoms with Gasteiger partial charge in [0.05, 0.1) is 18.1 Å². The highest BCUT2D eigenvalue weighted by atomic mass is 32.2. The standard InChI is InChI=1S/C17H24N2O5S/c1-4-24-14-7-5-12(6-8-14)18-15(20)17(2,3)16(21)19-13-9-10-25(22,23)11-13/h5-8,13H,4,9-11H2,1-3H3,(H,18,20)(H,19,21). The molecule has 2 N–H and O–H groups in total. The Balaban J connectivity index is 1.97. The fourth-order valence-electron chi connectivity index (χ4n) is 2.47. The van der Waals surface area contributed by atoms with E-state index in [0.717, 1.165) is 0 Å². The lowest BCUT2D eigenvalue weighted by Gasteiger charge is -2.24. The first-order valence-corrected chi connectivity index (χ1v) is 10.0. The van der Waals surface area contributed by atoms with Crippen LogP contribution < -0.4 is 15.4 Å². The summed E-state index contributed by atoms with van der Waals surface area (Å²) in [6, 6.07) is 6.42. The van der Waals surface area contributed by atoms with Crippen molar-refractivity contribution in [2.24, 2.45) is 5.41 Å². The summed E-state index contributed by atoms with van der Waals surface area (Å²) in [5, 5.41) is 5.37. The molecule has 138 valence electrons. The summed E-state index contributed by atoms with van der Waals surface area (Å²) in [5.41, 5.74) is -0.775. The van der Waals surface area contributed by atoms with E-state index in [2.05, 4.69) is 10.6 Å². The van der Waals surface area contributed by atoms with Crippen LogP contribution in [0.5, 0.6) is 5.75 Å². The molecule has 25 heavy (non-hydrogen) atoms. The van der Waals surface area contributed by atoms with Crippen LogP contribution in [0.15, 0.2) is 24.3 Å². The molecule has 0 radical (unpaired) electrons. The largest absolute Gasteiger partial charge is 0.494 e. The molecule has 1 atom stereocenters. The lowest BCUT2D eigenvalue weighted by molar-refractivity contribution is -0.138. The van der Waals surface area contributed by atoms with Gasteiger partial charge in [-0.05, 0) is 51.5 Å². The topological polar surface area (TPSA) is 102 Å². The summed E-state index contributed by atoms with van der Waals surface area (Å²) >= 11 is 0. The van der Waals surface area contributed by atoms with Crippen LogP contribution >= 0.6 is 0 Å². The molecule has 2 amide bonds. The highest BCUT2D eigenvalue weighted by Crippen LogP contribution is 2.22. The van der Waals surface area contributed by atoms with Crippen molar-refractivity contribution < 1.29 is 22.7 Å². The molecule has 1 aliphatic heterocycles. The van der Waals surface area contributed by atoms with E-state index >= 15 is 0 Å². The molecular formula is C17H24N2O5S. The predicted octanol–water partition coefficient (Wildman–Crippen LogP) is 1.35. The van der Waals surface area contributed by atoms with E-state index in [1.54, 1.807) is 24.3 Å². The van der Waals surface area contributed by atoms with Crippen LogP contribution in [0.4, 0.5) is 5.69 Å². The minimum atomic E-state index is -3.09. The highest BCUT2D eigenvalue weighted by molar-refractivity contribution is 7.91. The maximum Gasteiger partial charge on any atom is 0.239 e. The molecule has 1 aliphatic rings. The molecule has 1 unspecified atom stereocenters. The SMILES string of the molecule is CCOc1ccc(NC(=O)C(C)(C)C(=O)NC2CCS(=O)(=O)C2)cc1. The second-order valence-electron chi connectivity index (χ2n) is 6.61. The van der Waals surface area contributed by atoms with Gasteiger partial charge in [-0.1, -0.05) is 0 Å². The lowest BCUT2D eigenvalue weighted by Crippen LogP contribution is -2.48. The number of hydrogen-bond acceptors (Lipinski definition) is 5. The number of anilines is 1. The summed E-state index contributed by atoms with van der Waals surface area (Å²) in [6.45, 7) is 5.45. The molecule has 1 fully saturated rings. The Labute approximate surface area is 148 Å². The quantitative estimate of drug-likeness (QED) is 0.738. The van der Waals surface area contributed by atoms with E-state index < -0.39 is 33.1 Å². The Kier molecular flexibility index (Phi) is 5.72. The van der Waals surface area contributed by atoms with Crippen molar-refractivity contribution in [2.45, 2.75) is 33.2 Å². The minimum absolute atomic E-state index is 0.0662. The monoisotopic (exact) mass is 368 g/mol. The first kappa shape index (κ1) is 19.2. The molecule has 0 saturated carbocycles. The number of hydrogen-bond donors (Lipinski definition) is 2. The van der Waals surface area contributed by atoms with E-state index in [-0.39, 0.29) is 11.5 Å². The van der Waals surface area contributed by atoms with Crippen LogP contribution in [0, 0.1) is 5.41 Å². The van der Waals surface area contributed by atoms with Crippen LogP contribution in [0.1, 0.15) is 27.2 Å². The van der Waals surface area contributed by atoms with Crippen molar-refractivity contribution in [2.75, 3.05) is 23.4 Å². The molecular weight excluding hydrogens is 344 g/mol. The van der Waals surface area contributed by atoms with Crippen molar-refractivity contribution in [3.63, 3.8) is 0 Å². The molecule has 0 aromatic heterocycles. The van der Waals surface area contributed by atoms with Gasteiger partial charge in [0.25, 0.3) is 0 Å². The molecule has 1 heterocycles. The molecule has 0 bridgehead atoms. The van der Waals surface area contributed by atoms with Crippen molar-refractivity contribution in [3.05, 3.63) is 24.3 Å². The van der Waals surface area contributed by atoms with Crippen LogP contribution in [0.2, 0.25) is 0 Å². The number of carbonyl (C=O) groups excluding carboxylic acids is 2. The Morgan fingerprint density at radius 2 is 1.84 bits per heavy atom.